The molecule has 1 aromatic carbocycles. The second-order valence-corrected chi connectivity index (χ2v) is 5.48. The summed E-state index contributed by atoms with van der Waals surface area (Å²) in [6, 6.07) is 4.40. The fourth-order valence-corrected chi connectivity index (χ4v) is 2.74. The van der Waals surface area contributed by atoms with Gasteiger partial charge in [-0.05, 0) is 55.4 Å². The van der Waals surface area contributed by atoms with Gasteiger partial charge in [0.2, 0.25) is 0 Å². The SMILES string of the molecule is CCC1OC1C(C)Cc1cc(C)c(OC)cc1C. The second kappa shape index (κ2) is 5.31. The van der Waals surface area contributed by atoms with Gasteiger partial charge in [-0.1, -0.05) is 19.9 Å². The number of rotatable bonds is 5. The van der Waals surface area contributed by atoms with E-state index < -0.39 is 0 Å². The fourth-order valence-electron chi connectivity index (χ4n) is 2.74. The Hall–Kier alpha value is -1.02. The number of epoxide rings is 1. The summed E-state index contributed by atoms with van der Waals surface area (Å²) in [7, 11) is 1.73. The number of hydrogen-bond donors (Lipinski definition) is 0. The smallest absolute Gasteiger partial charge is 0.122 e. The van der Waals surface area contributed by atoms with Crippen LogP contribution in [0.4, 0.5) is 0 Å². The van der Waals surface area contributed by atoms with Crippen LogP contribution in [-0.2, 0) is 11.2 Å². The lowest BCUT2D eigenvalue weighted by atomic mass is 9.92. The maximum atomic E-state index is 5.69. The van der Waals surface area contributed by atoms with Gasteiger partial charge in [0.1, 0.15) is 5.75 Å². The first-order chi connectivity index (χ1) is 8.56. The summed E-state index contributed by atoms with van der Waals surface area (Å²) in [6.45, 7) is 8.75. The van der Waals surface area contributed by atoms with Crippen molar-refractivity contribution in [2.45, 2.75) is 52.7 Å². The molecule has 0 aromatic heterocycles. The molecule has 100 valence electrons. The van der Waals surface area contributed by atoms with E-state index in [9.17, 15) is 0 Å². The van der Waals surface area contributed by atoms with Crippen LogP contribution in [0, 0.1) is 19.8 Å². The summed E-state index contributed by atoms with van der Waals surface area (Å²) in [5, 5.41) is 0. The van der Waals surface area contributed by atoms with Gasteiger partial charge in [0, 0.05) is 0 Å². The molecule has 1 aromatic rings. The summed E-state index contributed by atoms with van der Waals surface area (Å²) in [5.41, 5.74) is 3.96. The molecule has 0 spiro atoms. The Morgan fingerprint density at radius 2 is 2.00 bits per heavy atom. The first-order valence-electron chi connectivity index (χ1n) is 6.86. The van der Waals surface area contributed by atoms with Gasteiger partial charge in [0.15, 0.2) is 0 Å². The minimum atomic E-state index is 0.469. The molecule has 1 aliphatic rings. The molecule has 0 radical (unpaired) electrons. The largest absolute Gasteiger partial charge is 0.496 e. The lowest BCUT2D eigenvalue weighted by Crippen LogP contribution is -2.11. The number of benzene rings is 1. The van der Waals surface area contributed by atoms with Crippen LogP contribution in [0.3, 0.4) is 0 Å². The lowest BCUT2D eigenvalue weighted by molar-refractivity contribution is 0.322. The van der Waals surface area contributed by atoms with Crippen molar-refractivity contribution in [2.24, 2.45) is 5.92 Å². The summed E-state index contributed by atoms with van der Waals surface area (Å²) < 4.78 is 11.0. The molecular formula is C16H24O2. The molecular weight excluding hydrogens is 224 g/mol. The zero-order chi connectivity index (χ0) is 13.3. The highest BCUT2D eigenvalue weighted by Crippen LogP contribution is 2.34. The van der Waals surface area contributed by atoms with Crippen LogP contribution in [0.5, 0.6) is 5.75 Å². The highest BCUT2D eigenvalue weighted by atomic mass is 16.6. The molecule has 0 bridgehead atoms. The molecule has 2 nitrogen and oxygen atoms in total. The molecule has 2 rings (SSSR count). The van der Waals surface area contributed by atoms with Crippen molar-refractivity contribution in [3.8, 4) is 5.75 Å². The van der Waals surface area contributed by atoms with Crippen LogP contribution < -0.4 is 4.74 Å². The zero-order valence-electron chi connectivity index (χ0n) is 12.1. The highest BCUT2D eigenvalue weighted by Gasteiger charge is 2.41. The fraction of sp³-hybridized carbons (Fsp3) is 0.625. The van der Waals surface area contributed by atoms with Gasteiger partial charge in [-0.3, -0.25) is 0 Å². The van der Waals surface area contributed by atoms with E-state index in [2.05, 4.69) is 39.8 Å². The van der Waals surface area contributed by atoms with E-state index in [4.69, 9.17) is 9.47 Å². The van der Waals surface area contributed by atoms with Gasteiger partial charge in [0.05, 0.1) is 19.3 Å². The van der Waals surface area contributed by atoms with Crippen LogP contribution in [-0.4, -0.2) is 19.3 Å². The van der Waals surface area contributed by atoms with Gasteiger partial charge in [-0.25, -0.2) is 0 Å². The van der Waals surface area contributed by atoms with Gasteiger partial charge >= 0.3 is 0 Å². The van der Waals surface area contributed by atoms with E-state index in [0.717, 1.165) is 18.6 Å². The predicted molar refractivity (Wildman–Crippen MR) is 74.3 cm³/mol. The maximum absolute atomic E-state index is 5.69. The third-order valence-corrected chi connectivity index (χ3v) is 3.98. The molecule has 18 heavy (non-hydrogen) atoms. The topological polar surface area (TPSA) is 21.8 Å². The van der Waals surface area contributed by atoms with Crippen LogP contribution in [0.15, 0.2) is 12.1 Å². The molecule has 1 heterocycles. The molecule has 1 fully saturated rings. The number of ether oxygens (including phenoxy) is 2. The van der Waals surface area contributed by atoms with Crippen molar-refractivity contribution in [1.82, 2.24) is 0 Å². The summed E-state index contributed by atoms with van der Waals surface area (Å²) in [6.07, 6.45) is 3.20. The van der Waals surface area contributed by atoms with Crippen molar-refractivity contribution in [3.63, 3.8) is 0 Å². The molecule has 1 saturated heterocycles. The summed E-state index contributed by atoms with van der Waals surface area (Å²) in [5.74, 6) is 1.58. The molecule has 0 saturated carbocycles. The molecule has 3 atom stereocenters. The van der Waals surface area contributed by atoms with E-state index in [-0.39, 0.29) is 0 Å². The van der Waals surface area contributed by atoms with Crippen LogP contribution in [0.2, 0.25) is 0 Å². The zero-order valence-corrected chi connectivity index (χ0v) is 12.1. The molecule has 3 unspecified atom stereocenters. The number of aryl methyl sites for hydroxylation is 2. The van der Waals surface area contributed by atoms with Crippen molar-refractivity contribution in [3.05, 3.63) is 28.8 Å². The van der Waals surface area contributed by atoms with Gasteiger partial charge < -0.3 is 9.47 Å². The van der Waals surface area contributed by atoms with Gasteiger partial charge in [-0.2, -0.15) is 0 Å². The quantitative estimate of drug-likeness (QED) is 0.742. The van der Waals surface area contributed by atoms with E-state index >= 15 is 0 Å². The van der Waals surface area contributed by atoms with Gasteiger partial charge in [-0.15, -0.1) is 0 Å². The van der Waals surface area contributed by atoms with E-state index in [0.29, 0.717) is 18.1 Å². The lowest BCUT2D eigenvalue weighted by Gasteiger charge is -2.14. The first kappa shape index (κ1) is 13.4. The first-order valence-corrected chi connectivity index (χ1v) is 6.86. The Balaban J connectivity index is 2.07. The monoisotopic (exact) mass is 248 g/mol. The standard InChI is InChI=1S/C16H24O2/c1-6-14-16(18-14)12(4)8-13-7-11(3)15(17-5)9-10(13)2/h7,9,12,14,16H,6,8H2,1-5H3. The third kappa shape index (κ3) is 2.69. The maximum Gasteiger partial charge on any atom is 0.122 e. The van der Waals surface area contributed by atoms with Crippen molar-refractivity contribution in [2.75, 3.05) is 7.11 Å². The minimum Gasteiger partial charge on any atom is -0.496 e. The molecule has 0 N–H and O–H groups in total. The number of hydrogen-bond acceptors (Lipinski definition) is 2. The molecule has 0 aliphatic carbocycles. The predicted octanol–water partition coefficient (Wildman–Crippen LogP) is 3.67. The Morgan fingerprint density at radius 3 is 2.56 bits per heavy atom. The Kier molecular flexibility index (Phi) is 3.96. The second-order valence-electron chi connectivity index (χ2n) is 5.48. The Bertz CT molecular complexity index is 425. The minimum absolute atomic E-state index is 0.469. The average Bonchev–Trinajstić information content (AvgIpc) is 3.12. The van der Waals surface area contributed by atoms with Crippen molar-refractivity contribution < 1.29 is 9.47 Å². The summed E-state index contributed by atoms with van der Waals surface area (Å²) in [4.78, 5) is 0. The molecule has 2 heteroatoms. The van der Waals surface area contributed by atoms with Crippen molar-refractivity contribution >= 4 is 0 Å². The summed E-state index contributed by atoms with van der Waals surface area (Å²) >= 11 is 0. The average molecular weight is 248 g/mol. The molecule has 1 aliphatic heterocycles. The normalized spacial score (nSPS) is 23.8. The van der Waals surface area contributed by atoms with E-state index in [1.807, 2.05) is 0 Å². The number of methoxy groups -OCH3 is 1. The third-order valence-electron chi connectivity index (χ3n) is 3.98. The van der Waals surface area contributed by atoms with Crippen LogP contribution in [0.1, 0.15) is 37.0 Å². The van der Waals surface area contributed by atoms with E-state index in [1.54, 1.807) is 7.11 Å². The Labute approximate surface area is 110 Å². The Morgan fingerprint density at radius 1 is 1.28 bits per heavy atom. The van der Waals surface area contributed by atoms with Crippen LogP contribution in [0.25, 0.3) is 0 Å². The van der Waals surface area contributed by atoms with E-state index in [1.165, 1.54) is 16.7 Å². The molecule has 0 amide bonds. The van der Waals surface area contributed by atoms with Crippen molar-refractivity contribution in [1.29, 1.82) is 0 Å². The highest BCUT2D eigenvalue weighted by molar-refractivity contribution is 5.41. The van der Waals surface area contributed by atoms with Gasteiger partial charge in [0.25, 0.3) is 0 Å². The van der Waals surface area contributed by atoms with Crippen LogP contribution >= 0.6 is 0 Å².